The lowest BCUT2D eigenvalue weighted by Gasteiger charge is -2.06. The number of nitrogens with zero attached hydrogens (tertiary/aromatic N) is 1. The fourth-order valence-electron chi connectivity index (χ4n) is 1.70. The highest BCUT2D eigenvalue weighted by Crippen LogP contribution is 2.32. The lowest BCUT2D eigenvalue weighted by atomic mass is 10.2. The molecule has 0 aliphatic carbocycles. The van der Waals surface area contributed by atoms with Crippen molar-refractivity contribution in [1.29, 1.82) is 0 Å². The van der Waals surface area contributed by atoms with Crippen LogP contribution in [0.15, 0.2) is 35.3 Å². The lowest BCUT2D eigenvalue weighted by molar-refractivity contribution is 0.394. The van der Waals surface area contributed by atoms with Crippen molar-refractivity contribution in [1.82, 2.24) is 0 Å². The highest BCUT2D eigenvalue weighted by Gasteiger charge is 2.04. The van der Waals surface area contributed by atoms with Crippen molar-refractivity contribution in [3.8, 4) is 11.5 Å². The number of methoxy groups -OCH3 is 2. The summed E-state index contributed by atoms with van der Waals surface area (Å²) in [5.41, 5.74) is 7.47. The molecule has 110 valence electrons. The van der Waals surface area contributed by atoms with Gasteiger partial charge >= 0.3 is 0 Å². The minimum atomic E-state index is 0.348. The van der Waals surface area contributed by atoms with Crippen molar-refractivity contribution >= 4 is 40.8 Å². The Balaban J connectivity index is 2.33. The average molecular weight is 325 g/mol. The maximum Gasteiger partial charge on any atom is 0.123 e. The molecule has 0 heterocycles. The summed E-state index contributed by atoms with van der Waals surface area (Å²) in [6.07, 6.45) is 1.67. The van der Waals surface area contributed by atoms with E-state index in [1.807, 2.05) is 12.1 Å². The SMILES string of the molecule is COc1cc(C=Nc2cc(Cl)c(N)c(Cl)c2)cc(OC)c1. The average Bonchev–Trinajstić information content (AvgIpc) is 2.49. The van der Waals surface area contributed by atoms with Crippen molar-refractivity contribution in [3.05, 3.63) is 45.9 Å². The summed E-state index contributed by atoms with van der Waals surface area (Å²) in [7, 11) is 3.18. The van der Waals surface area contributed by atoms with E-state index in [4.69, 9.17) is 38.4 Å². The minimum absolute atomic E-state index is 0.348. The molecule has 0 saturated heterocycles. The second-order valence-corrected chi connectivity index (χ2v) is 5.04. The molecular weight excluding hydrogens is 311 g/mol. The van der Waals surface area contributed by atoms with E-state index in [1.165, 1.54) is 0 Å². The van der Waals surface area contributed by atoms with Crippen LogP contribution in [0.25, 0.3) is 0 Å². The van der Waals surface area contributed by atoms with Crippen LogP contribution in [-0.4, -0.2) is 20.4 Å². The molecule has 0 aliphatic rings. The summed E-state index contributed by atoms with van der Waals surface area (Å²) < 4.78 is 10.4. The molecule has 4 nitrogen and oxygen atoms in total. The van der Waals surface area contributed by atoms with Crippen molar-refractivity contribution in [2.75, 3.05) is 20.0 Å². The molecule has 0 aromatic heterocycles. The zero-order chi connectivity index (χ0) is 15.4. The molecule has 0 bridgehead atoms. The highest BCUT2D eigenvalue weighted by molar-refractivity contribution is 6.39. The first kappa shape index (κ1) is 15.5. The Kier molecular flexibility index (Phi) is 4.94. The van der Waals surface area contributed by atoms with Crippen molar-refractivity contribution in [2.24, 2.45) is 4.99 Å². The quantitative estimate of drug-likeness (QED) is 0.672. The van der Waals surface area contributed by atoms with Crippen LogP contribution in [0.5, 0.6) is 11.5 Å². The van der Waals surface area contributed by atoms with Gasteiger partial charge in [-0.1, -0.05) is 23.2 Å². The van der Waals surface area contributed by atoms with E-state index in [1.54, 1.807) is 38.6 Å². The van der Waals surface area contributed by atoms with Crippen LogP contribution in [0, 0.1) is 0 Å². The fraction of sp³-hybridized carbons (Fsp3) is 0.133. The maximum atomic E-state index is 5.97. The van der Waals surface area contributed by atoms with Crippen LogP contribution in [0.1, 0.15) is 5.56 Å². The summed E-state index contributed by atoms with van der Waals surface area (Å²) in [5.74, 6) is 1.37. The van der Waals surface area contributed by atoms with E-state index in [9.17, 15) is 0 Å². The number of benzene rings is 2. The molecule has 0 saturated carbocycles. The predicted molar refractivity (Wildman–Crippen MR) is 87.7 cm³/mol. The molecule has 6 heteroatoms. The van der Waals surface area contributed by atoms with E-state index in [0.717, 1.165) is 5.56 Å². The first-order valence-electron chi connectivity index (χ1n) is 6.05. The van der Waals surface area contributed by atoms with Gasteiger partial charge in [0, 0.05) is 17.8 Å². The second kappa shape index (κ2) is 6.70. The Morgan fingerprint density at radius 3 is 1.95 bits per heavy atom. The Bertz CT molecular complexity index is 642. The van der Waals surface area contributed by atoms with Crippen molar-refractivity contribution < 1.29 is 9.47 Å². The number of nitrogens with two attached hydrogens (primary N) is 1. The first-order valence-corrected chi connectivity index (χ1v) is 6.80. The van der Waals surface area contributed by atoms with Crippen LogP contribution in [-0.2, 0) is 0 Å². The van der Waals surface area contributed by atoms with Crippen molar-refractivity contribution in [3.63, 3.8) is 0 Å². The number of anilines is 1. The van der Waals surface area contributed by atoms with Crippen LogP contribution >= 0.6 is 23.2 Å². The molecule has 21 heavy (non-hydrogen) atoms. The van der Waals surface area contributed by atoms with E-state index < -0.39 is 0 Å². The van der Waals surface area contributed by atoms with Gasteiger partial charge in [-0.3, -0.25) is 4.99 Å². The second-order valence-electron chi connectivity index (χ2n) is 4.23. The third-order valence-electron chi connectivity index (χ3n) is 2.80. The molecule has 2 rings (SSSR count). The summed E-state index contributed by atoms with van der Waals surface area (Å²) in [6.45, 7) is 0. The predicted octanol–water partition coefficient (Wildman–Crippen LogP) is 4.34. The Labute approximate surface area is 133 Å². The molecule has 0 fully saturated rings. The number of nitrogen functional groups attached to an aromatic ring is 1. The molecule has 2 aromatic rings. The Morgan fingerprint density at radius 1 is 0.952 bits per heavy atom. The maximum absolute atomic E-state index is 5.97. The number of hydrogen-bond donors (Lipinski definition) is 1. The van der Waals surface area contributed by atoms with Gasteiger partial charge in [0.15, 0.2) is 0 Å². The zero-order valence-corrected chi connectivity index (χ0v) is 13.1. The van der Waals surface area contributed by atoms with Crippen LogP contribution in [0.3, 0.4) is 0 Å². The van der Waals surface area contributed by atoms with Gasteiger partial charge in [0.25, 0.3) is 0 Å². The third-order valence-corrected chi connectivity index (χ3v) is 3.43. The molecule has 0 atom stereocenters. The summed E-state index contributed by atoms with van der Waals surface area (Å²) in [5, 5.41) is 0.746. The number of aliphatic imine (C=N–C) groups is 1. The molecule has 0 aliphatic heterocycles. The lowest BCUT2D eigenvalue weighted by Crippen LogP contribution is -1.90. The van der Waals surface area contributed by atoms with E-state index in [0.29, 0.717) is 32.9 Å². The minimum Gasteiger partial charge on any atom is -0.497 e. The van der Waals surface area contributed by atoms with Crippen LogP contribution in [0.4, 0.5) is 11.4 Å². The number of ether oxygens (including phenoxy) is 2. The molecular formula is C15H14Cl2N2O2. The molecule has 2 aromatic carbocycles. The van der Waals surface area contributed by atoms with Gasteiger partial charge in [-0.15, -0.1) is 0 Å². The monoisotopic (exact) mass is 324 g/mol. The molecule has 0 radical (unpaired) electrons. The number of halogens is 2. The van der Waals surface area contributed by atoms with E-state index >= 15 is 0 Å². The molecule has 0 amide bonds. The van der Waals surface area contributed by atoms with E-state index in [2.05, 4.69) is 4.99 Å². The molecule has 0 spiro atoms. The topological polar surface area (TPSA) is 56.8 Å². The number of hydrogen-bond acceptors (Lipinski definition) is 4. The van der Waals surface area contributed by atoms with Crippen LogP contribution < -0.4 is 15.2 Å². The standard InChI is InChI=1S/C15H14Cl2N2O2/c1-20-11-3-9(4-12(7-11)21-2)8-19-10-5-13(16)15(18)14(17)6-10/h3-8H,18H2,1-2H3. The number of rotatable bonds is 4. The van der Waals surface area contributed by atoms with Gasteiger partial charge in [-0.2, -0.15) is 0 Å². The summed E-state index contributed by atoms with van der Waals surface area (Å²) in [6, 6.07) is 8.76. The molecule has 0 unspecified atom stereocenters. The van der Waals surface area contributed by atoms with Crippen LogP contribution in [0.2, 0.25) is 10.0 Å². The van der Waals surface area contributed by atoms with Crippen molar-refractivity contribution in [2.45, 2.75) is 0 Å². The smallest absolute Gasteiger partial charge is 0.123 e. The Hall–Kier alpha value is -1.91. The summed E-state index contributed by atoms with van der Waals surface area (Å²) in [4.78, 5) is 4.33. The van der Waals surface area contributed by atoms with Gasteiger partial charge in [0.05, 0.1) is 35.6 Å². The van der Waals surface area contributed by atoms with Gasteiger partial charge in [0.2, 0.25) is 0 Å². The third kappa shape index (κ3) is 3.80. The van der Waals surface area contributed by atoms with Gasteiger partial charge < -0.3 is 15.2 Å². The van der Waals surface area contributed by atoms with Gasteiger partial charge in [-0.25, -0.2) is 0 Å². The zero-order valence-electron chi connectivity index (χ0n) is 11.6. The van der Waals surface area contributed by atoms with E-state index in [-0.39, 0.29) is 0 Å². The highest BCUT2D eigenvalue weighted by atomic mass is 35.5. The summed E-state index contributed by atoms with van der Waals surface area (Å²) >= 11 is 11.9. The van der Waals surface area contributed by atoms with Gasteiger partial charge in [0.1, 0.15) is 11.5 Å². The normalized spacial score (nSPS) is 10.9. The van der Waals surface area contributed by atoms with Gasteiger partial charge in [-0.05, 0) is 24.3 Å². The molecule has 2 N–H and O–H groups in total. The Morgan fingerprint density at radius 2 is 1.48 bits per heavy atom. The first-order chi connectivity index (χ1) is 10.0. The largest absolute Gasteiger partial charge is 0.497 e. The fourth-order valence-corrected chi connectivity index (χ4v) is 2.17.